The van der Waals surface area contributed by atoms with Gasteiger partial charge in [0, 0.05) is 42.8 Å². The molecule has 0 bridgehead atoms. The molecule has 1 saturated carbocycles. The number of hydrogen-bond donors (Lipinski definition) is 1. The van der Waals surface area contributed by atoms with Crippen molar-refractivity contribution in [3.05, 3.63) is 24.0 Å². The average molecular weight is 219 g/mol. The van der Waals surface area contributed by atoms with Gasteiger partial charge in [-0.15, -0.1) is 0 Å². The first-order chi connectivity index (χ1) is 7.72. The molecule has 88 valence electrons. The third kappa shape index (κ3) is 2.53. The van der Waals surface area contributed by atoms with Gasteiger partial charge in [0.25, 0.3) is 0 Å². The van der Waals surface area contributed by atoms with E-state index in [1.807, 2.05) is 12.4 Å². The Kier molecular flexibility index (Phi) is 3.44. The summed E-state index contributed by atoms with van der Waals surface area (Å²) >= 11 is 0. The molecule has 3 heteroatoms. The Morgan fingerprint density at radius 2 is 2.25 bits per heavy atom. The average Bonchev–Trinajstić information content (AvgIpc) is 3.09. The van der Waals surface area contributed by atoms with E-state index in [1.165, 1.54) is 18.5 Å². The Morgan fingerprint density at radius 3 is 2.81 bits per heavy atom. The molecule has 0 unspecified atom stereocenters. The van der Waals surface area contributed by atoms with Crippen LogP contribution < -0.4 is 10.6 Å². The Bertz CT molecular complexity index is 345. The van der Waals surface area contributed by atoms with Gasteiger partial charge in [-0.2, -0.15) is 0 Å². The molecule has 2 rings (SSSR count). The SMILES string of the molecule is CC(C)CN(c1ccncc1CN)C1CC1. The number of nitrogens with zero attached hydrogens (tertiary/aromatic N) is 2. The van der Waals surface area contributed by atoms with Gasteiger partial charge in [0.2, 0.25) is 0 Å². The zero-order valence-corrected chi connectivity index (χ0v) is 10.2. The van der Waals surface area contributed by atoms with Crippen LogP contribution in [0.25, 0.3) is 0 Å². The van der Waals surface area contributed by atoms with Gasteiger partial charge in [0.05, 0.1) is 0 Å². The second-order valence-corrected chi connectivity index (χ2v) is 4.99. The molecule has 0 atom stereocenters. The molecule has 1 aromatic heterocycles. The fourth-order valence-electron chi connectivity index (χ4n) is 2.08. The summed E-state index contributed by atoms with van der Waals surface area (Å²) in [4.78, 5) is 6.66. The van der Waals surface area contributed by atoms with E-state index in [4.69, 9.17) is 5.73 Å². The molecule has 16 heavy (non-hydrogen) atoms. The quantitative estimate of drug-likeness (QED) is 0.825. The fraction of sp³-hybridized carbons (Fsp3) is 0.615. The van der Waals surface area contributed by atoms with E-state index in [0.29, 0.717) is 12.5 Å². The number of aromatic nitrogens is 1. The van der Waals surface area contributed by atoms with Crippen LogP contribution in [-0.4, -0.2) is 17.6 Å². The highest BCUT2D eigenvalue weighted by molar-refractivity contribution is 5.54. The second-order valence-electron chi connectivity index (χ2n) is 4.99. The van der Waals surface area contributed by atoms with E-state index in [2.05, 4.69) is 29.8 Å². The maximum atomic E-state index is 5.77. The van der Waals surface area contributed by atoms with Crippen LogP contribution in [0.3, 0.4) is 0 Å². The summed E-state index contributed by atoms with van der Waals surface area (Å²) in [6.07, 6.45) is 6.40. The van der Waals surface area contributed by atoms with Crippen molar-refractivity contribution in [2.45, 2.75) is 39.3 Å². The van der Waals surface area contributed by atoms with Crippen LogP contribution in [0.5, 0.6) is 0 Å². The zero-order chi connectivity index (χ0) is 11.5. The lowest BCUT2D eigenvalue weighted by atomic mass is 10.1. The summed E-state index contributed by atoms with van der Waals surface area (Å²) < 4.78 is 0. The third-order valence-corrected chi connectivity index (χ3v) is 2.96. The maximum absolute atomic E-state index is 5.77. The second kappa shape index (κ2) is 4.83. The summed E-state index contributed by atoms with van der Waals surface area (Å²) in [7, 11) is 0. The van der Waals surface area contributed by atoms with Crippen molar-refractivity contribution in [1.29, 1.82) is 0 Å². The van der Waals surface area contributed by atoms with Crippen LogP contribution >= 0.6 is 0 Å². The van der Waals surface area contributed by atoms with Crippen LogP contribution in [0.1, 0.15) is 32.3 Å². The molecular weight excluding hydrogens is 198 g/mol. The van der Waals surface area contributed by atoms with Crippen LogP contribution in [0.15, 0.2) is 18.5 Å². The third-order valence-electron chi connectivity index (χ3n) is 2.96. The topological polar surface area (TPSA) is 42.2 Å². The molecule has 2 N–H and O–H groups in total. The fourth-order valence-corrected chi connectivity index (χ4v) is 2.08. The Hall–Kier alpha value is -1.09. The van der Waals surface area contributed by atoms with Crippen molar-refractivity contribution >= 4 is 5.69 Å². The Labute approximate surface area is 97.7 Å². The van der Waals surface area contributed by atoms with E-state index in [9.17, 15) is 0 Å². The van der Waals surface area contributed by atoms with E-state index in [0.717, 1.165) is 18.2 Å². The summed E-state index contributed by atoms with van der Waals surface area (Å²) in [5.41, 5.74) is 8.22. The van der Waals surface area contributed by atoms with E-state index >= 15 is 0 Å². The van der Waals surface area contributed by atoms with Gasteiger partial charge in [-0.05, 0) is 24.8 Å². The molecule has 1 aliphatic rings. The number of nitrogens with two attached hydrogens (primary N) is 1. The maximum Gasteiger partial charge on any atom is 0.0445 e. The standard InChI is InChI=1S/C13H21N3/c1-10(2)9-16(12-3-4-12)13-5-6-15-8-11(13)7-14/h5-6,8,10,12H,3-4,7,9,14H2,1-2H3. The number of hydrogen-bond acceptors (Lipinski definition) is 3. The van der Waals surface area contributed by atoms with Gasteiger partial charge in [-0.1, -0.05) is 13.8 Å². The molecule has 3 nitrogen and oxygen atoms in total. The monoisotopic (exact) mass is 219 g/mol. The van der Waals surface area contributed by atoms with Crippen LogP contribution in [-0.2, 0) is 6.54 Å². The van der Waals surface area contributed by atoms with Gasteiger partial charge >= 0.3 is 0 Å². The van der Waals surface area contributed by atoms with Crippen molar-refractivity contribution in [3.8, 4) is 0 Å². The molecule has 0 amide bonds. The first-order valence-electron chi connectivity index (χ1n) is 6.12. The Morgan fingerprint density at radius 1 is 1.50 bits per heavy atom. The van der Waals surface area contributed by atoms with E-state index in [-0.39, 0.29) is 0 Å². The van der Waals surface area contributed by atoms with Crippen molar-refractivity contribution in [1.82, 2.24) is 4.98 Å². The largest absolute Gasteiger partial charge is 0.368 e. The number of rotatable bonds is 5. The molecular formula is C13H21N3. The highest BCUT2D eigenvalue weighted by Crippen LogP contribution is 2.33. The van der Waals surface area contributed by atoms with Gasteiger partial charge in [0.1, 0.15) is 0 Å². The lowest BCUT2D eigenvalue weighted by Gasteiger charge is -2.28. The van der Waals surface area contributed by atoms with Crippen LogP contribution in [0, 0.1) is 5.92 Å². The van der Waals surface area contributed by atoms with E-state index in [1.54, 1.807) is 0 Å². The zero-order valence-electron chi connectivity index (χ0n) is 10.2. The molecule has 0 radical (unpaired) electrons. The Balaban J connectivity index is 2.23. The summed E-state index contributed by atoms with van der Waals surface area (Å²) in [6, 6.07) is 2.83. The predicted octanol–water partition coefficient (Wildman–Crippen LogP) is 2.17. The lowest BCUT2D eigenvalue weighted by Crippen LogP contribution is -2.31. The molecule has 1 heterocycles. The summed E-state index contributed by atoms with van der Waals surface area (Å²) in [5.74, 6) is 0.680. The first-order valence-corrected chi connectivity index (χ1v) is 6.12. The van der Waals surface area contributed by atoms with Crippen molar-refractivity contribution in [2.24, 2.45) is 11.7 Å². The molecule has 0 saturated heterocycles. The molecule has 0 spiro atoms. The normalized spacial score (nSPS) is 15.5. The molecule has 1 fully saturated rings. The highest BCUT2D eigenvalue weighted by Gasteiger charge is 2.30. The van der Waals surface area contributed by atoms with Gasteiger partial charge < -0.3 is 10.6 Å². The molecule has 1 aromatic rings. The minimum Gasteiger partial charge on any atom is -0.368 e. The summed E-state index contributed by atoms with van der Waals surface area (Å²) in [5, 5.41) is 0. The van der Waals surface area contributed by atoms with Gasteiger partial charge in [-0.25, -0.2) is 0 Å². The molecule has 0 aliphatic heterocycles. The minimum absolute atomic E-state index is 0.574. The van der Waals surface area contributed by atoms with Gasteiger partial charge in [-0.3, -0.25) is 4.98 Å². The molecule has 0 aromatic carbocycles. The predicted molar refractivity (Wildman–Crippen MR) is 67.3 cm³/mol. The first kappa shape index (κ1) is 11.4. The summed E-state index contributed by atoms with van der Waals surface area (Å²) in [6.45, 7) is 6.21. The molecule has 1 aliphatic carbocycles. The highest BCUT2D eigenvalue weighted by atomic mass is 15.2. The van der Waals surface area contributed by atoms with Crippen molar-refractivity contribution < 1.29 is 0 Å². The van der Waals surface area contributed by atoms with Gasteiger partial charge in [0.15, 0.2) is 0 Å². The number of pyridine rings is 1. The lowest BCUT2D eigenvalue weighted by molar-refractivity contribution is 0.605. The van der Waals surface area contributed by atoms with Crippen molar-refractivity contribution in [2.75, 3.05) is 11.4 Å². The van der Waals surface area contributed by atoms with Crippen LogP contribution in [0.4, 0.5) is 5.69 Å². The smallest absolute Gasteiger partial charge is 0.0445 e. The van der Waals surface area contributed by atoms with Crippen molar-refractivity contribution in [3.63, 3.8) is 0 Å². The van der Waals surface area contributed by atoms with E-state index < -0.39 is 0 Å². The number of anilines is 1. The minimum atomic E-state index is 0.574. The van der Waals surface area contributed by atoms with Crippen LogP contribution in [0.2, 0.25) is 0 Å².